The number of rotatable bonds is 4. The standard InChI is InChI=1S/C17H22N2O3S/c1-2-13-11-18(9-10-22-13)16(20)7-8-19-14-5-3-4-6-15(14)23-12-17(19)21/h3-6,13H,2,7-12H2,1H3/t13-/m1/s1. The number of hydrogen-bond donors (Lipinski definition) is 0. The van der Waals surface area contributed by atoms with E-state index in [9.17, 15) is 9.59 Å². The molecule has 124 valence electrons. The number of benzene rings is 1. The molecular weight excluding hydrogens is 312 g/mol. The summed E-state index contributed by atoms with van der Waals surface area (Å²) in [7, 11) is 0. The molecule has 0 radical (unpaired) electrons. The van der Waals surface area contributed by atoms with Crippen LogP contribution in [0.1, 0.15) is 19.8 Å². The minimum atomic E-state index is 0.0786. The van der Waals surface area contributed by atoms with E-state index in [1.165, 1.54) is 0 Å². The predicted molar refractivity (Wildman–Crippen MR) is 90.7 cm³/mol. The normalized spacial score (nSPS) is 21.3. The van der Waals surface area contributed by atoms with E-state index in [1.54, 1.807) is 16.7 Å². The fourth-order valence-corrected chi connectivity index (χ4v) is 3.89. The predicted octanol–water partition coefficient (Wildman–Crippen LogP) is 2.15. The van der Waals surface area contributed by atoms with Crippen molar-refractivity contribution in [3.8, 4) is 0 Å². The molecule has 0 spiro atoms. The van der Waals surface area contributed by atoms with Gasteiger partial charge in [0.05, 0.1) is 24.2 Å². The third kappa shape index (κ3) is 3.70. The second-order valence-electron chi connectivity index (χ2n) is 5.79. The zero-order chi connectivity index (χ0) is 16.2. The summed E-state index contributed by atoms with van der Waals surface area (Å²) in [6.45, 7) is 4.43. The lowest BCUT2D eigenvalue weighted by Gasteiger charge is -2.34. The monoisotopic (exact) mass is 334 g/mol. The van der Waals surface area contributed by atoms with Crippen LogP contribution in [0.4, 0.5) is 5.69 Å². The molecule has 0 N–H and O–H groups in total. The van der Waals surface area contributed by atoms with E-state index in [2.05, 4.69) is 6.92 Å². The van der Waals surface area contributed by atoms with Gasteiger partial charge in [-0.1, -0.05) is 19.1 Å². The summed E-state index contributed by atoms with van der Waals surface area (Å²) in [5.41, 5.74) is 0.926. The number of ether oxygens (including phenoxy) is 1. The average molecular weight is 334 g/mol. The molecule has 3 rings (SSSR count). The smallest absolute Gasteiger partial charge is 0.237 e. The maximum atomic E-state index is 12.4. The van der Waals surface area contributed by atoms with Crippen LogP contribution in [-0.4, -0.2) is 54.8 Å². The maximum Gasteiger partial charge on any atom is 0.237 e. The van der Waals surface area contributed by atoms with Crippen molar-refractivity contribution < 1.29 is 14.3 Å². The number of carbonyl (C=O) groups is 2. The van der Waals surface area contributed by atoms with Gasteiger partial charge in [-0.2, -0.15) is 0 Å². The Morgan fingerprint density at radius 2 is 2.22 bits per heavy atom. The molecule has 2 aliphatic heterocycles. The molecule has 0 aliphatic carbocycles. The summed E-state index contributed by atoms with van der Waals surface area (Å²) in [6.07, 6.45) is 1.42. The second kappa shape index (κ2) is 7.36. The van der Waals surface area contributed by atoms with E-state index in [4.69, 9.17) is 4.74 Å². The maximum absolute atomic E-state index is 12.4. The van der Waals surface area contributed by atoms with E-state index in [1.807, 2.05) is 29.2 Å². The minimum Gasteiger partial charge on any atom is -0.375 e. The summed E-state index contributed by atoms with van der Waals surface area (Å²) >= 11 is 1.56. The molecule has 1 aromatic rings. The third-order valence-corrected chi connectivity index (χ3v) is 5.35. The first-order chi connectivity index (χ1) is 11.2. The quantitative estimate of drug-likeness (QED) is 0.847. The fourth-order valence-electron chi connectivity index (χ4n) is 2.96. The average Bonchev–Trinajstić information content (AvgIpc) is 2.60. The Labute approximate surface area is 141 Å². The summed E-state index contributed by atoms with van der Waals surface area (Å²) in [5, 5.41) is 0. The van der Waals surface area contributed by atoms with Crippen LogP contribution < -0.4 is 4.90 Å². The summed E-state index contributed by atoms with van der Waals surface area (Å²) in [5.74, 6) is 0.630. The van der Waals surface area contributed by atoms with Crippen molar-refractivity contribution in [1.82, 2.24) is 4.90 Å². The number of amides is 2. The second-order valence-corrected chi connectivity index (χ2v) is 6.81. The number of thioether (sulfide) groups is 1. The summed E-state index contributed by atoms with van der Waals surface area (Å²) < 4.78 is 5.60. The lowest BCUT2D eigenvalue weighted by molar-refractivity contribution is -0.138. The van der Waals surface area contributed by atoms with Gasteiger partial charge in [0, 0.05) is 31.0 Å². The van der Waals surface area contributed by atoms with E-state index in [-0.39, 0.29) is 17.9 Å². The van der Waals surface area contributed by atoms with Crippen molar-refractivity contribution in [2.45, 2.75) is 30.8 Å². The molecule has 0 bridgehead atoms. The van der Waals surface area contributed by atoms with Crippen molar-refractivity contribution >= 4 is 29.3 Å². The first kappa shape index (κ1) is 16.3. The minimum absolute atomic E-state index is 0.0786. The van der Waals surface area contributed by atoms with Gasteiger partial charge < -0.3 is 14.5 Å². The van der Waals surface area contributed by atoms with Crippen molar-refractivity contribution in [2.75, 3.05) is 36.9 Å². The Balaban J connectivity index is 1.61. The van der Waals surface area contributed by atoms with Crippen LogP contribution in [0.5, 0.6) is 0 Å². The first-order valence-electron chi connectivity index (χ1n) is 8.10. The molecule has 2 amide bonds. The van der Waals surface area contributed by atoms with Gasteiger partial charge in [-0.25, -0.2) is 0 Å². The van der Waals surface area contributed by atoms with Crippen LogP contribution in [0.25, 0.3) is 0 Å². The first-order valence-corrected chi connectivity index (χ1v) is 9.09. The third-order valence-electron chi connectivity index (χ3n) is 4.30. The van der Waals surface area contributed by atoms with Crippen LogP contribution in [0.2, 0.25) is 0 Å². The largest absolute Gasteiger partial charge is 0.375 e. The molecule has 5 nitrogen and oxygen atoms in total. The molecule has 1 aromatic carbocycles. The lowest BCUT2D eigenvalue weighted by Crippen LogP contribution is -2.46. The Morgan fingerprint density at radius 1 is 1.39 bits per heavy atom. The van der Waals surface area contributed by atoms with Gasteiger partial charge in [-0.3, -0.25) is 9.59 Å². The van der Waals surface area contributed by atoms with Gasteiger partial charge in [-0.05, 0) is 18.6 Å². The Hall–Kier alpha value is -1.53. The molecule has 1 saturated heterocycles. The molecule has 1 fully saturated rings. The summed E-state index contributed by atoms with van der Waals surface area (Å²) in [4.78, 5) is 29.4. The van der Waals surface area contributed by atoms with Gasteiger partial charge in [0.25, 0.3) is 0 Å². The zero-order valence-electron chi connectivity index (χ0n) is 13.4. The van der Waals surface area contributed by atoms with E-state index in [0.29, 0.717) is 38.4 Å². The molecule has 0 unspecified atom stereocenters. The van der Waals surface area contributed by atoms with Gasteiger partial charge in [0.15, 0.2) is 0 Å². The van der Waals surface area contributed by atoms with Crippen molar-refractivity contribution in [1.29, 1.82) is 0 Å². The molecule has 0 aromatic heterocycles. The van der Waals surface area contributed by atoms with Crippen LogP contribution in [-0.2, 0) is 14.3 Å². The molecular formula is C17H22N2O3S. The number of carbonyl (C=O) groups excluding carboxylic acids is 2. The molecule has 23 heavy (non-hydrogen) atoms. The highest BCUT2D eigenvalue weighted by Crippen LogP contribution is 2.34. The number of morpholine rings is 1. The van der Waals surface area contributed by atoms with Gasteiger partial charge in [0.1, 0.15) is 0 Å². The van der Waals surface area contributed by atoms with Gasteiger partial charge in [0.2, 0.25) is 11.8 Å². The van der Waals surface area contributed by atoms with Crippen LogP contribution in [0.15, 0.2) is 29.2 Å². The van der Waals surface area contributed by atoms with Gasteiger partial charge in [-0.15, -0.1) is 11.8 Å². The number of para-hydroxylation sites is 1. The Bertz CT molecular complexity index is 593. The molecule has 1 atom stereocenters. The Kier molecular flexibility index (Phi) is 5.23. The molecule has 2 heterocycles. The number of fused-ring (bicyclic) bond motifs is 1. The van der Waals surface area contributed by atoms with Crippen LogP contribution in [0.3, 0.4) is 0 Å². The highest BCUT2D eigenvalue weighted by Gasteiger charge is 2.27. The highest BCUT2D eigenvalue weighted by molar-refractivity contribution is 8.00. The molecule has 2 aliphatic rings. The topological polar surface area (TPSA) is 49.9 Å². The van der Waals surface area contributed by atoms with E-state index in [0.717, 1.165) is 17.0 Å². The number of hydrogen-bond acceptors (Lipinski definition) is 4. The highest BCUT2D eigenvalue weighted by atomic mass is 32.2. The van der Waals surface area contributed by atoms with Crippen molar-refractivity contribution in [3.63, 3.8) is 0 Å². The van der Waals surface area contributed by atoms with Crippen LogP contribution in [0, 0.1) is 0 Å². The summed E-state index contributed by atoms with van der Waals surface area (Å²) in [6, 6.07) is 7.88. The Morgan fingerprint density at radius 3 is 3.04 bits per heavy atom. The van der Waals surface area contributed by atoms with E-state index < -0.39 is 0 Å². The molecule has 0 saturated carbocycles. The van der Waals surface area contributed by atoms with E-state index >= 15 is 0 Å². The molecule has 6 heteroatoms. The van der Waals surface area contributed by atoms with Crippen LogP contribution >= 0.6 is 11.8 Å². The van der Waals surface area contributed by atoms with Crippen molar-refractivity contribution in [2.24, 2.45) is 0 Å². The van der Waals surface area contributed by atoms with Gasteiger partial charge >= 0.3 is 0 Å². The number of anilines is 1. The van der Waals surface area contributed by atoms with Crippen molar-refractivity contribution in [3.05, 3.63) is 24.3 Å². The zero-order valence-corrected chi connectivity index (χ0v) is 14.2. The lowest BCUT2D eigenvalue weighted by atomic mass is 10.2. The fraction of sp³-hybridized carbons (Fsp3) is 0.529. The SMILES string of the molecule is CC[C@@H]1CN(C(=O)CCN2C(=O)CSc3ccccc32)CCO1. The number of nitrogens with zero attached hydrogens (tertiary/aromatic N) is 2.